The van der Waals surface area contributed by atoms with Crippen LogP contribution in [0.2, 0.25) is 5.02 Å². The van der Waals surface area contributed by atoms with Crippen LogP contribution in [0.3, 0.4) is 0 Å². The first-order chi connectivity index (χ1) is 11.5. The van der Waals surface area contributed by atoms with E-state index in [9.17, 15) is 13.6 Å². The maximum absolute atomic E-state index is 12.2. The lowest BCUT2D eigenvalue weighted by Gasteiger charge is -2.07. The zero-order valence-electron chi connectivity index (χ0n) is 12.2. The van der Waals surface area contributed by atoms with Gasteiger partial charge in [0.05, 0.1) is 17.3 Å². The first kappa shape index (κ1) is 16.2. The number of hydrogen-bond donors (Lipinski definition) is 1. The highest BCUT2D eigenvalue weighted by Gasteiger charge is 2.10. The molecule has 0 bridgehead atoms. The Kier molecular flexibility index (Phi) is 4.61. The Morgan fingerprint density at radius 3 is 2.92 bits per heavy atom. The molecule has 0 aliphatic carbocycles. The molecule has 1 N–H and O–H groups in total. The SMILES string of the molecule is O=C(NCc1cn2cc(Cl)ccc2n1)c1cccc(OC(F)F)c1. The number of imidazole rings is 1. The van der Waals surface area contributed by atoms with Gasteiger partial charge in [0.1, 0.15) is 11.4 Å². The van der Waals surface area contributed by atoms with Crippen LogP contribution < -0.4 is 10.1 Å². The van der Waals surface area contributed by atoms with Crippen LogP contribution in [0, 0.1) is 0 Å². The van der Waals surface area contributed by atoms with E-state index in [0.717, 1.165) is 0 Å². The smallest absolute Gasteiger partial charge is 0.387 e. The lowest BCUT2D eigenvalue weighted by atomic mass is 10.2. The number of nitrogens with zero attached hydrogens (tertiary/aromatic N) is 2. The van der Waals surface area contributed by atoms with Gasteiger partial charge in [0.2, 0.25) is 0 Å². The highest BCUT2D eigenvalue weighted by molar-refractivity contribution is 6.30. The number of rotatable bonds is 5. The second kappa shape index (κ2) is 6.84. The van der Waals surface area contributed by atoms with Crippen LogP contribution in [0.1, 0.15) is 16.1 Å². The third kappa shape index (κ3) is 3.80. The first-order valence-corrected chi connectivity index (χ1v) is 7.35. The molecule has 0 radical (unpaired) electrons. The average Bonchev–Trinajstić information content (AvgIpc) is 2.94. The molecule has 0 spiro atoms. The largest absolute Gasteiger partial charge is 0.435 e. The average molecular weight is 352 g/mol. The molecule has 24 heavy (non-hydrogen) atoms. The van der Waals surface area contributed by atoms with Gasteiger partial charge in [-0.05, 0) is 30.3 Å². The molecule has 1 aromatic carbocycles. The molecule has 0 atom stereocenters. The zero-order chi connectivity index (χ0) is 17.1. The predicted octanol–water partition coefficient (Wildman–Crippen LogP) is 3.52. The molecule has 8 heteroatoms. The Morgan fingerprint density at radius 2 is 2.12 bits per heavy atom. The van der Waals surface area contributed by atoms with Crippen LogP contribution >= 0.6 is 11.6 Å². The fraction of sp³-hybridized carbons (Fsp3) is 0.125. The standard InChI is InChI=1S/C16H12ClF2N3O2/c17-11-4-5-14-21-12(9-22(14)8-11)7-20-15(23)10-2-1-3-13(6-10)24-16(18)19/h1-6,8-9,16H,7H2,(H,20,23). The van der Waals surface area contributed by atoms with E-state index in [4.69, 9.17) is 11.6 Å². The van der Waals surface area contributed by atoms with E-state index in [1.165, 1.54) is 24.3 Å². The van der Waals surface area contributed by atoms with Crippen molar-refractivity contribution in [3.63, 3.8) is 0 Å². The van der Waals surface area contributed by atoms with E-state index in [1.807, 2.05) is 0 Å². The molecule has 0 saturated heterocycles. The van der Waals surface area contributed by atoms with Crippen LogP contribution in [0.25, 0.3) is 5.65 Å². The summed E-state index contributed by atoms with van der Waals surface area (Å²) in [6.45, 7) is -2.74. The van der Waals surface area contributed by atoms with E-state index in [1.54, 1.807) is 28.9 Å². The number of nitrogens with one attached hydrogen (secondary N) is 1. The number of benzene rings is 1. The number of carbonyl (C=O) groups excluding carboxylic acids is 1. The Bertz CT molecular complexity index is 883. The Balaban J connectivity index is 1.68. The molecule has 2 heterocycles. The molecule has 0 aliphatic rings. The number of ether oxygens (including phenoxy) is 1. The van der Waals surface area contributed by atoms with Gasteiger partial charge >= 0.3 is 6.61 Å². The van der Waals surface area contributed by atoms with Gasteiger partial charge in [0.25, 0.3) is 5.91 Å². The fourth-order valence-corrected chi connectivity index (χ4v) is 2.36. The quantitative estimate of drug-likeness (QED) is 0.765. The second-order valence-electron chi connectivity index (χ2n) is 4.93. The maximum Gasteiger partial charge on any atom is 0.387 e. The number of aromatic nitrogens is 2. The number of hydrogen-bond acceptors (Lipinski definition) is 3. The van der Waals surface area contributed by atoms with E-state index in [0.29, 0.717) is 16.4 Å². The van der Waals surface area contributed by atoms with Gasteiger partial charge in [-0.15, -0.1) is 0 Å². The summed E-state index contributed by atoms with van der Waals surface area (Å²) in [5, 5.41) is 3.26. The third-order valence-electron chi connectivity index (χ3n) is 3.22. The van der Waals surface area contributed by atoms with E-state index in [2.05, 4.69) is 15.0 Å². The van der Waals surface area contributed by atoms with Crippen molar-refractivity contribution in [3.8, 4) is 5.75 Å². The number of alkyl halides is 2. The number of carbonyl (C=O) groups is 1. The molecule has 5 nitrogen and oxygen atoms in total. The molecule has 3 aromatic rings. The summed E-state index contributed by atoms with van der Waals surface area (Å²) in [7, 11) is 0. The van der Waals surface area contributed by atoms with Gasteiger partial charge in [-0.3, -0.25) is 4.79 Å². The van der Waals surface area contributed by atoms with Crippen LogP contribution in [-0.2, 0) is 6.54 Å². The van der Waals surface area contributed by atoms with E-state index in [-0.39, 0.29) is 17.9 Å². The summed E-state index contributed by atoms with van der Waals surface area (Å²) >= 11 is 5.90. The molecule has 0 fully saturated rings. The van der Waals surface area contributed by atoms with E-state index < -0.39 is 12.5 Å². The summed E-state index contributed by atoms with van der Waals surface area (Å²) in [6, 6.07) is 9.08. The Hall–Kier alpha value is -2.67. The minimum absolute atomic E-state index is 0.0694. The second-order valence-corrected chi connectivity index (χ2v) is 5.37. The van der Waals surface area contributed by atoms with Crippen molar-refractivity contribution in [2.75, 3.05) is 0 Å². The van der Waals surface area contributed by atoms with Crippen LogP contribution in [0.4, 0.5) is 8.78 Å². The minimum Gasteiger partial charge on any atom is -0.435 e. The van der Waals surface area contributed by atoms with Crippen molar-refractivity contribution in [1.29, 1.82) is 0 Å². The number of fused-ring (bicyclic) bond motifs is 1. The van der Waals surface area contributed by atoms with Crippen molar-refractivity contribution in [2.24, 2.45) is 0 Å². The van der Waals surface area contributed by atoms with Crippen molar-refractivity contribution >= 4 is 23.2 Å². The van der Waals surface area contributed by atoms with Crippen LogP contribution in [0.15, 0.2) is 48.8 Å². The molecule has 0 saturated carbocycles. The molecule has 2 aromatic heterocycles. The zero-order valence-corrected chi connectivity index (χ0v) is 13.0. The summed E-state index contributed by atoms with van der Waals surface area (Å²) in [6.07, 6.45) is 3.46. The number of amides is 1. The normalized spacial score (nSPS) is 11.0. The third-order valence-corrected chi connectivity index (χ3v) is 3.44. The molecule has 1 amide bonds. The topological polar surface area (TPSA) is 55.6 Å². The first-order valence-electron chi connectivity index (χ1n) is 6.97. The molecule has 3 rings (SSSR count). The molecular weight excluding hydrogens is 340 g/mol. The van der Waals surface area contributed by atoms with Crippen LogP contribution in [0.5, 0.6) is 5.75 Å². The highest BCUT2D eigenvalue weighted by atomic mass is 35.5. The number of halogens is 3. The van der Waals surface area contributed by atoms with Gasteiger partial charge < -0.3 is 14.5 Å². The molecular formula is C16H12ClF2N3O2. The van der Waals surface area contributed by atoms with Gasteiger partial charge in [0.15, 0.2) is 0 Å². The van der Waals surface area contributed by atoms with Crippen LogP contribution in [-0.4, -0.2) is 21.9 Å². The number of pyridine rings is 1. The van der Waals surface area contributed by atoms with Gasteiger partial charge in [-0.25, -0.2) is 4.98 Å². The van der Waals surface area contributed by atoms with Gasteiger partial charge in [0, 0.05) is 18.0 Å². The lowest BCUT2D eigenvalue weighted by molar-refractivity contribution is -0.0498. The van der Waals surface area contributed by atoms with Gasteiger partial charge in [-0.2, -0.15) is 8.78 Å². The maximum atomic E-state index is 12.2. The summed E-state index contributed by atoms with van der Waals surface area (Å²) in [5.74, 6) is -0.482. The highest BCUT2D eigenvalue weighted by Crippen LogP contribution is 2.16. The van der Waals surface area contributed by atoms with Crippen molar-refractivity contribution in [3.05, 3.63) is 65.1 Å². The molecule has 0 unspecified atom stereocenters. The van der Waals surface area contributed by atoms with Crippen molar-refractivity contribution in [1.82, 2.24) is 14.7 Å². The van der Waals surface area contributed by atoms with E-state index >= 15 is 0 Å². The summed E-state index contributed by atoms with van der Waals surface area (Å²) < 4.78 is 30.4. The Labute approximate surface area is 140 Å². The summed E-state index contributed by atoms with van der Waals surface area (Å²) in [5.41, 5.74) is 1.57. The monoisotopic (exact) mass is 351 g/mol. The van der Waals surface area contributed by atoms with Gasteiger partial charge in [-0.1, -0.05) is 17.7 Å². The van der Waals surface area contributed by atoms with Crippen molar-refractivity contribution in [2.45, 2.75) is 13.2 Å². The predicted molar refractivity (Wildman–Crippen MR) is 84.4 cm³/mol. The Morgan fingerprint density at radius 1 is 1.29 bits per heavy atom. The summed E-state index contributed by atoms with van der Waals surface area (Å²) in [4.78, 5) is 16.5. The fourth-order valence-electron chi connectivity index (χ4n) is 2.19. The van der Waals surface area contributed by atoms with Crippen molar-refractivity contribution < 1.29 is 18.3 Å². The minimum atomic E-state index is -2.94. The lowest BCUT2D eigenvalue weighted by Crippen LogP contribution is -2.23. The molecule has 0 aliphatic heterocycles. The molecule has 124 valence electrons.